The van der Waals surface area contributed by atoms with Gasteiger partial charge in [-0.05, 0) is 37.0 Å². The van der Waals surface area contributed by atoms with Crippen LogP contribution in [0.1, 0.15) is 43.7 Å². The third-order valence-electron chi connectivity index (χ3n) is 2.54. The molecule has 2 heteroatoms. The van der Waals surface area contributed by atoms with Gasteiger partial charge in [0, 0.05) is 6.42 Å². The van der Waals surface area contributed by atoms with Crippen molar-refractivity contribution in [3.8, 4) is 6.07 Å². The molecule has 15 heavy (non-hydrogen) atoms. The Morgan fingerprint density at radius 2 is 2.00 bits per heavy atom. The summed E-state index contributed by atoms with van der Waals surface area (Å²) in [6.45, 7) is 3.72. The molecule has 0 aliphatic heterocycles. The highest BCUT2D eigenvalue weighted by Gasteiger charge is 2.06. The molecular weight excluding hydrogens is 186 g/mol. The van der Waals surface area contributed by atoms with Gasteiger partial charge in [0.25, 0.3) is 0 Å². The molecule has 0 amide bonds. The Balaban J connectivity index is 2.62. The minimum Gasteiger partial charge on any atom is -0.300 e. The van der Waals surface area contributed by atoms with Gasteiger partial charge in [0.15, 0.2) is 0 Å². The maximum Gasteiger partial charge on any atom is 0.129 e. The number of benzene rings is 1. The summed E-state index contributed by atoms with van der Waals surface area (Å²) in [5.41, 5.74) is 1.87. The predicted octanol–water partition coefficient (Wildman–Crippen LogP) is 3.03. The fourth-order valence-electron chi connectivity index (χ4n) is 1.47. The van der Waals surface area contributed by atoms with Crippen LogP contribution in [0.5, 0.6) is 0 Å². The van der Waals surface area contributed by atoms with Crippen LogP contribution in [-0.2, 0) is 4.79 Å². The molecule has 0 N–H and O–H groups in total. The number of hydrogen-bond acceptors (Lipinski definition) is 2. The molecule has 1 aromatic carbocycles. The monoisotopic (exact) mass is 201 g/mol. The maximum absolute atomic E-state index is 10.8. The second kappa shape index (κ2) is 5.31. The lowest BCUT2D eigenvalue weighted by Gasteiger charge is -2.10. The van der Waals surface area contributed by atoms with Crippen molar-refractivity contribution < 1.29 is 4.79 Å². The molecule has 0 radical (unpaired) electrons. The lowest BCUT2D eigenvalue weighted by molar-refractivity contribution is -0.117. The van der Waals surface area contributed by atoms with Crippen LogP contribution in [-0.4, -0.2) is 5.78 Å². The summed E-state index contributed by atoms with van der Waals surface area (Å²) in [5.74, 6) is 0.608. The Hall–Kier alpha value is -1.62. The van der Waals surface area contributed by atoms with E-state index in [1.165, 1.54) is 5.56 Å². The van der Waals surface area contributed by atoms with Crippen LogP contribution in [0.2, 0.25) is 0 Å². The molecular formula is C13H15NO. The van der Waals surface area contributed by atoms with E-state index < -0.39 is 0 Å². The molecule has 0 bridgehead atoms. The zero-order valence-corrected chi connectivity index (χ0v) is 9.16. The van der Waals surface area contributed by atoms with Gasteiger partial charge in [0.05, 0.1) is 11.6 Å². The highest BCUT2D eigenvalue weighted by molar-refractivity contribution is 5.75. The van der Waals surface area contributed by atoms with Gasteiger partial charge in [-0.15, -0.1) is 0 Å². The zero-order valence-electron chi connectivity index (χ0n) is 9.16. The van der Waals surface area contributed by atoms with E-state index in [9.17, 15) is 4.79 Å². The van der Waals surface area contributed by atoms with Crippen molar-refractivity contribution in [1.29, 1.82) is 5.26 Å². The molecule has 0 aromatic heterocycles. The van der Waals surface area contributed by atoms with Crippen LogP contribution in [0, 0.1) is 11.3 Å². The lowest BCUT2D eigenvalue weighted by atomic mass is 9.95. The molecule has 1 unspecified atom stereocenters. The average Bonchev–Trinajstić information content (AvgIpc) is 2.26. The summed E-state index contributed by atoms with van der Waals surface area (Å²) in [6.07, 6.45) is 1.50. The average molecular weight is 201 g/mol. The van der Waals surface area contributed by atoms with Crippen LogP contribution in [0.25, 0.3) is 0 Å². The maximum atomic E-state index is 10.8. The highest BCUT2D eigenvalue weighted by Crippen LogP contribution is 2.20. The number of hydrogen-bond donors (Lipinski definition) is 0. The predicted molar refractivity (Wildman–Crippen MR) is 59.5 cm³/mol. The lowest BCUT2D eigenvalue weighted by Crippen LogP contribution is -1.97. The van der Waals surface area contributed by atoms with Gasteiger partial charge in [0.2, 0.25) is 0 Å². The van der Waals surface area contributed by atoms with Crippen molar-refractivity contribution in [1.82, 2.24) is 0 Å². The van der Waals surface area contributed by atoms with Crippen LogP contribution in [0.3, 0.4) is 0 Å². The SMILES string of the molecule is CC(=O)CCC(C)c1ccc(C#N)cc1. The summed E-state index contributed by atoms with van der Waals surface area (Å²) in [6, 6.07) is 9.65. The molecule has 0 saturated heterocycles. The van der Waals surface area contributed by atoms with E-state index in [0.29, 0.717) is 17.9 Å². The first kappa shape index (κ1) is 11.5. The summed E-state index contributed by atoms with van der Waals surface area (Å²) in [7, 11) is 0. The fraction of sp³-hybridized carbons (Fsp3) is 0.385. The summed E-state index contributed by atoms with van der Waals surface area (Å²) >= 11 is 0. The topological polar surface area (TPSA) is 40.9 Å². The number of carbonyl (C=O) groups excluding carboxylic acids is 1. The molecule has 0 saturated carbocycles. The smallest absolute Gasteiger partial charge is 0.129 e. The third-order valence-corrected chi connectivity index (χ3v) is 2.54. The first-order valence-corrected chi connectivity index (χ1v) is 5.13. The first-order valence-electron chi connectivity index (χ1n) is 5.13. The Morgan fingerprint density at radius 3 is 2.47 bits per heavy atom. The Kier molecular flexibility index (Phi) is 4.05. The van der Waals surface area contributed by atoms with E-state index in [2.05, 4.69) is 13.0 Å². The number of carbonyl (C=O) groups is 1. The van der Waals surface area contributed by atoms with E-state index in [1.807, 2.05) is 24.3 Å². The zero-order chi connectivity index (χ0) is 11.3. The molecule has 2 nitrogen and oxygen atoms in total. The molecule has 0 aliphatic rings. The van der Waals surface area contributed by atoms with Gasteiger partial charge in [-0.3, -0.25) is 0 Å². The minimum atomic E-state index is 0.232. The summed E-state index contributed by atoms with van der Waals surface area (Å²) < 4.78 is 0. The van der Waals surface area contributed by atoms with Gasteiger partial charge in [-0.1, -0.05) is 19.1 Å². The standard InChI is InChI=1S/C13H15NO/c1-10(3-4-11(2)15)13-7-5-12(9-14)6-8-13/h5-8,10H,3-4H2,1-2H3. The van der Waals surface area contributed by atoms with Crippen molar-refractivity contribution in [2.45, 2.75) is 32.6 Å². The first-order chi connectivity index (χ1) is 7.13. The van der Waals surface area contributed by atoms with Crippen LogP contribution >= 0.6 is 0 Å². The van der Waals surface area contributed by atoms with E-state index in [1.54, 1.807) is 6.92 Å². The highest BCUT2D eigenvalue weighted by atomic mass is 16.1. The molecule has 1 aromatic rings. The van der Waals surface area contributed by atoms with Crippen molar-refractivity contribution >= 4 is 5.78 Å². The van der Waals surface area contributed by atoms with Gasteiger partial charge >= 0.3 is 0 Å². The minimum absolute atomic E-state index is 0.232. The van der Waals surface area contributed by atoms with Crippen molar-refractivity contribution in [3.63, 3.8) is 0 Å². The Labute approximate surface area is 90.5 Å². The molecule has 1 rings (SSSR count). The molecule has 0 heterocycles. The van der Waals surface area contributed by atoms with Crippen molar-refractivity contribution in [3.05, 3.63) is 35.4 Å². The summed E-state index contributed by atoms with van der Waals surface area (Å²) in [4.78, 5) is 10.8. The molecule has 0 fully saturated rings. The quantitative estimate of drug-likeness (QED) is 0.751. The van der Waals surface area contributed by atoms with E-state index >= 15 is 0 Å². The van der Waals surface area contributed by atoms with Gasteiger partial charge in [-0.2, -0.15) is 5.26 Å². The molecule has 0 aliphatic carbocycles. The van der Waals surface area contributed by atoms with Gasteiger partial charge < -0.3 is 4.79 Å². The van der Waals surface area contributed by atoms with E-state index in [0.717, 1.165) is 6.42 Å². The second-order valence-electron chi connectivity index (χ2n) is 3.88. The number of nitriles is 1. The van der Waals surface area contributed by atoms with E-state index in [4.69, 9.17) is 5.26 Å². The molecule has 0 spiro atoms. The normalized spacial score (nSPS) is 11.8. The third kappa shape index (κ3) is 3.55. The van der Waals surface area contributed by atoms with Gasteiger partial charge in [-0.25, -0.2) is 0 Å². The molecule has 78 valence electrons. The van der Waals surface area contributed by atoms with Crippen molar-refractivity contribution in [2.75, 3.05) is 0 Å². The Bertz CT molecular complexity index is 373. The van der Waals surface area contributed by atoms with E-state index in [-0.39, 0.29) is 5.78 Å². The summed E-state index contributed by atoms with van der Waals surface area (Å²) in [5, 5.41) is 8.65. The fourth-order valence-corrected chi connectivity index (χ4v) is 1.47. The van der Waals surface area contributed by atoms with Crippen LogP contribution in [0.15, 0.2) is 24.3 Å². The largest absolute Gasteiger partial charge is 0.300 e. The van der Waals surface area contributed by atoms with Crippen molar-refractivity contribution in [2.24, 2.45) is 0 Å². The molecule has 1 atom stereocenters. The number of nitrogens with zero attached hydrogens (tertiary/aromatic N) is 1. The number of Topliss-reactive ketones (excluding diaryl/α,β-unsaturated/α-hetero) is 1. The number of ketones is 1. The Morgan fingerprint density at radius 1 is 1.40 bits per heavy atom. The van der Waals surface area contributed by atoms with Crippen LogP contribution in [0.4, 0.5) is 0 Å². The van der Waals surface area contributed by atoms with Gasteiger partial charge in [0.1, 0.15) is 5.78 Å². The number of rotatable bonds is 4. The van der Waals surface area contributed by atoms with Crippen LogP contribution < -0.4 is 0 Å². The second-order valence-corrected chi connectivity index (χ2v) is 3.88.